The lowest BCUT2D eigenvalue weighted by Crippen LogP contribution is -2.13. The molecule has 1 aromatic heterocycles. The summed E-state index contributed by atoms with van der Waals surface area (Å²) in [6.45, 7) is 2.53. The maximum atomic E-state index is 13.5. The molecular formula is C27H27Br2ClN2O3S. The van der Waals surface area contributed by atoms with Crippen LogP contribution in [-0.4, -0.2) is 41.2 Å². The van der Waals surface area contributed by atoms with Crippen LogP contribution in [0, 0.1) is 0 Å². The number of phenols is 1. The summed E-state index contributed by atoms with van der Waals surface area (Å²) >= 11 is 8.72. The molecule has 0 fully saturated rings. The van der Waals surface area contributed by atoms with Crippen molar-refractivity contribution in [3.05, 3.63) is 86.4 Å². The number of hydrogen-bond donors (Lipinski definition) is 1. The van der Waals surface area contributed by atoms with Crippen LogP contribution >= 0.6 is 56.0 Å². The van der Waals surface area contributed by atoms with Crippen molar-refractivity contribution in [2.24, 2.45) is 0 Å². The van der Waals surface area contributed by atoms with E-state index in [0.29, 0.717) is 33.3 Å². The molecule has 0 amide bonds. The molecule has 0 saturated heterocycles. The van der Waals surface area contributed by atoms with E-state index in [1.54, 1.807) is 18.7 Å². The number of hydrogen-bond acceptors (Lipinski definition) is 5. The Morgan fingerprint density at radius 3 is 2.36 bits per heavy atom. The molecule has 0 aliphatic heterocycles. The summed E-state index contributed by atoms with van der Waals surface area (Å²) in [4.78, 5) is 16.5. The molecule has 5 nitrogen and oxygen atoms in total. The van der Waals surface area contributed by atoms with Gasteiger partial charge in [-0.3, -0.25) is 0 Å². The van der Waals surface area contributed by atoms with Crippen molar-refractivity contribution in [3.63, 3.8) is 0 Å². The Hall–Kier alpha value is -1.97. The zero-order chi connectivity index (χ0) is 25.1. The average Bonchev–Trinajstić information content (AvgIpc) is 3.15. The molecule has 0 aliphatic carbocycles. The summed E-state index contributed by atoms with van der Waals surface area (Å²) in [7, 11) is 3.88. The number of esters is 1. The first-order chi connectivity index (χ1) is 16.8. The van der Waals surface area contributed by atoms with Gasteiger partial charge in [-0.1, -0.05) is 34.1 Å². The number of phenolic OH excluding ortho intramolecular Hbond substituents is 1. The second-order valence-electron chi connectivity index (χ2n) is 8.27. The molecule has 1 heterocycles. The number of thioether (sulfide) groups is 1. The summed E-state index contributed by atoms with van der Waals surface area (Å²) in [5, 5.41) is 11.8. The van der Waals surface area contributed by atoms with Crippen molar-refractivity contribution in [1.29, 1.82) is 0 Å². The van der Waals surface area contributed by atoms with Crippen molar-refractivity contribution in [2.45, 2.75) is 24.1 Å². The largest absolute Gasteiger partial charge is 0.506 e. The average molecular weight is 655 g/mol. The summed E-state index contributed by atoms with van der Waals surface area (Å²) in [6, 6.07) is 20.0. The zero-order valence-electron chi connectivity index (χ0n) is 20.1. The molecule has 0 aliphatic rings. The minimum atomic E-state index is -0.390. The smallest absolute Gasteiger partial charge is 0.340 e. The van der Waals surface area contributed by atoms with Gasteiger partial charge in [0, 0.05) is 44.0 Å². The molecule has 9 heteroatoms. The van der Waals surface area contributed by atoms with Gasteiger partial charge in [0.1, 0.15) is 5.75 Å². The Kier molecular flexibility index (Phi) is 9.94. The summed E-state index contributed by atoms with van der Waals surface area (Å²) in [5.41, 5.74) is 3.76. The molecule has 4 aromatic rings. The number of nitrogens with zero attached hydrogens (tertiary/aromatic N) is 2. The minimum absolute atomic E-state index is 0. The van der Waals surface area contributed by atoms with Gasteiger partial charge in [-0.15, -0.1) is 24.2 Å². The van der Waals surface area contributed by atoms with E-state index in [0.717, 1.165) is 26.3 Å². The third-order valence-electron chi connectivity index (χ3n) is 5.54. The number of aromatic hydroxyl groups is 1. The molecule has 0 unspecified atom stereocenters. The Balaban J connectivity index is 0.00000361. The predicted molar refractivity (Wildman–Crippen MR) is 157 cm³/mol. The summed E-state index contributed by atoms with van der Waals surface area (Å²) in [6.07, 6.45) is 0. The normalized spacial score (nSPS) is 11.1. The molecule has 36 heavy (non-hydrogen) atoms. The molecule has 0 atom stereocenters. The number of halogens is 3. The van der Waals surface area contributed by atoms with Crippen LogP contribution in [-0.2, 0) is 17.0 Å². The third-order valence-corrected chi connectivity index (χ3v) is 7.70. The van der Waals surface area contributed by atoms with Crippen LogP contribution in [0.4, 0.5) is 0 Å². The molecule has 0 saturated carbocycles. The predicted octanol–water partition coefficient (Wildman–Crippen LogP) is 7.81. The van der Waals surface area contributed by atoms with E-state index in [1.165, 1.54) is 0 Å². The highest BCUT2D eigenvalue weighted by atomic mass is 79.9. The van der Waals surface area contributed by atoms with Crippen molar-refractivity contribution < 1.29 is 14.6 Å². The van der Waals surface area contributed by atoms with Gasteiger partial charge in [-0.2, -0.15) is 0 Å². The van der Waals surface area contributed by atoms with Crippen LogP contribution in [0.5, 0.6) is 5.75 Å². The second kappa shape index (κ2) is 12.5. The van der Waals surface area contributed by atoms with E-state index in [-0.39, 0.29) is 24.8 Å². The molecule has 0 bridgehead atoms. The first-order valence-corrected chi connectivity index (χ1v) is 13.7. The fraction of sp³-hybridized carbons (Fsp3) is 0.222. The van der Waals surface area contributed by atoms with Gasteiger partial charge in [-0.25, -0.2) is 4.79 Å². The minimum Gasteiger partial charge on any atom is -0.506 e. The SMILES string of the molecule is CCOC(=O)c1c(CSc2ccccc2)n(-c2ccc(Br)cc2)c2cc(Br)c(O)c(CN(C)C)c12.Cl. The van der Waals surface area contributed by atoms with Gasteiger partial charge in [0.25, 0.3) is 0 Å². The monoisotopic (exact) mass is 652 g/mol. The number of aromatic nitrogens is 1. The number of carbonyl (C=O) groups is 1. The highest BCUT2D eigenvalue weighted by Gasteiger charge is 2.29. The van der Waals surface area contributed by atoms with Gasteiger partial charge in [0.15, 0.2) is 0 Å². The van der Waals surface area contributed by atoms with E-state index < -0.39 is 5.97 Å². The van der Waals surface area contributed by atoms with Crippen molar-refractivity contribution >= 4 is 72.9 Å². The summed E-state index contributed by atoms with van der Waals surface area (Å²) in [5.74, 6) is 0.286. The number of rotatable bonds is 8. The quantitative estimate of drug-likeness (QED) is 0.155. The van der Waals surface area contributed by atoms with Crippen molar-refractivity contribution in [2.75, 3.05) is 20.7 Å². The Labute approximate surface area is 238 Å². The Bertz CT molecular complexity index is 1360. The first-order valence-electron chi connectivity index (χ1n) is 11.1. The highest BCUT2D eigenvalue weighted by Crippen LogP contribution is 2.42. The van der Waals surface area contributed by atoms with Crippen LogP contribution in [0.2, 0.25) is 0 Å². The number of ether oxygens (including phenoxy) is 1. The highest BCUT2D eigenvalue weighted by molar-refractivity contribution is 9.10. The first kappa shape index (κ1) is 28.6. The van der Waals surface area contributed by atoms with Gasteiger partial charge < -0.3 is 19.3 Å². The maximum Gasteiger partial charge on any atom is 0.340 e. The van der Waals surface area contributed by atoms with Gasteiger partial charge in [0.2, 0.25) is 0 Å². The fourth-order valence-corrected chi connectivity index (χ4v) is 5.76. The van der Waals surface area contributed by atoms with E-state index in [1.807, 2.05) is 67.5 Å². The molecule has 190 valence electrons. The van der Waals surface area contributed by atoms with Gasteiger partial charge >= 0.3 is 5.97 Å². The second-order valence-corrected chi connectivity index (χ2v) is 11.1. The lowest BCUT2D eigenvalue weighted by molar-refractivity contribution is 0.0527. The molecule has 3 aromatic carbocycles. The molecular weight excluding hydrogens is 628 g/mol. The van der Waals surface area contributed by atoms with Gasteiger partial charge in [0.05, 0.1) is 22.2 Å². The number of benzene rings is 3. The van der Waals surface area contributed by atoms with E-state index in [4.69, 9.17) is 4.74 Å². The zero-order valence-corrected chi connectivity index (χ0v) is 24.9. The molecule has 1 N–H and O–H groups in total. The Morgan fingerprint density at radius 2 is 1.75 bits per heavy atom. The van der Waals surface area contributed by atoms with Crippen molar-refractivity contribution in [3.8, 4) is 11.4 Å². The maximum absolute atomic E-state index is 13.5. The number of carbonyl (C=O) groups excluding carboxylic acids is 1. The standard InChI is InChI=1S/C27H26Br2N2O3S.ClH/c1-4-34-27(33)25-23(16-35-19-8-6-5-7-9-19)31(18-12-10-17(28)11-13-18)22-14-21(29)26(32)20(24(22)25)15-30(2)3;/h5-14,32H,4,15-16H2,1-3H3;1H. The van der Waals surface area contributed by atoms with Crippen LogP contribution in [0.3, 0.4) is 0 Å². The molecule has 0 spiro atoms. The van der Waals surface area contributed by atoms with E-state index in [9.17, 15) is 9.90 Å². The molecule has 4 rings (SSSR count). The third kappa shape index (κ3) is 5.94. The topological polar surface area (TPSA) is 54.7 Å². The van der Waals surface area contributed by atoms with Crippen LogP contribution in [0.15, 0.2) is 74.5 Å². The fourth-order valence-electron chi connectivity index (χ4n) is 4.12. The lowest BCUT2D eigenvalue weighted by atomic mass is 10.0. The number of fused-ring (bicyclic) bond motifs is 1. The van der Waals surface area contributed by atoms with E-state index >= 15 is 0 Å². The van der Waals surface area contributed by atoms with Gasteiger partial charge in [-0.05, 0) is 79.4 Å². The van der Waals surface area contributed by atoms with Crippen LogP contribution in [0.1, 0.15) is 28.5 Å². The van der Waals surface area contributed by atoms with E-state index in [2.05, 4.69) is 48.6 Å². The summed E-state index contributed by atoms with van der Waals surface area (Å²) < 4.78 is 9.20. The van der Waals surface area contributed by atoms with Crippen LogP contribution in [0.25, 0.3) is 16.6 Å². The molecule has 0 radical (unpaired) electrons. The Morgan fingerprint density at radius 1 is 1.08 bits per heavy atom. The lowest BCUT2D eigenvalue weighted by Gasteiger charge is -2.15. The van der Waals surface area contributed by atoms with Crippen LogP contribution < -0.4 is 0 Å². The van der Waals surface area contributed by atoms with Crippen molar-refractivity contribution in [1.82, 2.24) is 9.47 Å².